The van der Waals surface area contributed by atoms with Crippen LogP contribution in [0.3, 0.4) is 0 Å². The molecule has 8 nitrogen and oxygen atoms in total. The zero-order valence-corrected chi connectivity index (χ0v) is 11.6. The van der Waals surface area contributed by atoms with Gasteiger partial charge in [-0.05, 0) is 18.8 Å². The van der Waals surface area contributed by atoms with Gasteiger partial charge in [0.25, 0.3) is 0 Å². The highest BCUT2D eigenvalue weighted by Gasteiger charge is 2.23. The first kappa shape index (κ1) is 14.2. The standard InChI is InChI=1S/C12H22N8/c1-7-4-2-3-5-9(7)18-10-8(11(13)14)6-17-20(16)12(10)19-15/h6-7,9,18H,2-5,15-16H2,1H3,(H3,13,14)/b19-12+. The smallest absolute Gasteiger partial charge is 0.214 e. The van der Waals surface area contributed by atoms with Gasteiger partial charge in [-0.1, -0.05) is 19.8 Å². The summed E-state index contributed by atoms with van der Waals surface area (Å²) >= 11 is 0. The Morgan fingerprint density at radius 2 is 2.20 bits per heavy atom. The quantitative estimate of drug-likeness (QED) is 0.222. The first-order chi connectivity index (χ1) is 9.54. The van der Waals surface area contributed by atoms with Crippen molar-refractivity contribution in [3.63, 3.8) is 0 Å². The second-order valence-corrected chi connectivity index (χ2v) is 5.26. The van der Waals surface area contributed by atoms with E-state index in [-0.39, 0.29) is 11.3 Å². The first-order valence-corrected chi connectivity index (χ1v) is 6.77. The summed E-state index contributed by atoms with van der Waals surface area (Å²) in [6.45, 7) is 2.21. The Bertz CT molecular complexity index is 561. The van der Waals surface area contributed by atoms with Crippen molar-refractivity contribution < 1.29 is 0 Å². The van der Waals surface area contributed by atoms with E-state index in [4.69, 9.17) is 22.8 Å². The van der Waals surface area contributed by atoms with Crippen LogP contribution in [0.1, 0.15) is 38.2 Å². The molecular weight excluding hydrogens is 256 g/mol. The van der Waals surface area contributed by atoms with E-state index < -0.39 is 0 Å². The molecule has 0 aliphatic heterocycles. The van der Waals surface area contributed by atoms with Crippen LogP contribution in [-0.2, 0) is 0 Å². The minimum absolute atomic E-state index is 0.0889. The SMILES string of the molecule is CC1CCCCC1Nc1c(C(=N)N)cnn(N)/c1=N/N. The van der Waals surface area contributed by atoms with E-state index in [1.807, 2.05) is 0 Å². The molecule has 20 heavy (non-hydrogen) atoms. The average molecular weight is 278 g/mol. The number of nitrogens with zero attached hydrogens (tertiary/aromatic N) is 3. The van der Waals surface area contributed by atoms with Crippen LogP contribution in [0, 0.1) is 11.3 Å². The minimum Gasteiger partial charge on any atom is -0.384 e. The number of nitrogen functional groups attached to an aromatic ring is 2. The van der Waals surface area contributed by atoms with Gasteiger partial charge in [0, 0.05) is 6.04 Å². The van der Waals surface area contributed by atoms with E-state index in [1.54, 1.807) is 0 Å². The maximum Gasteiger partial charge on any atom is 0.214 e. The summed E-state index contributed by atoms with van der Waals surface area (Å²) in [7, 11) is 0. The van der Waals surface area contributed by atoms with Crippen LogP contribution >= 0.6 is 0 Å². The van der Waals surface area contributed by atoms with Crippen molar-refractivity contribution >= 4 is 11.5 Å². The normalized spacial score (nSPS) is 23.6. The molecule has 1 aromatic heterocycles. The highest BCUT2D eigenvalue weighted by molar-refractivity contribution is 5.99. The summed E-state index contributed by atoms with van der Waals surface area (Å²) in [6.07, 6.45) is 6.12. The monoisotopic (exact) mass is 278 g/mol. The van der Waals surface area contributed by atoms with Crippen molar-refractivity contribution in [1.82, 2.24) is 9.89 Å². The third-order valence-electron chi connectivity index (χ3n) is 3.87. The van der Waals surface area contributed by atoms with Gasteiger partial charge in [0.1, 0.15) is 5.84 Å². The molecule has 0 spiro atoms. The predicted molar refractivity (Wildman–Crippen MR) is 78.2 cm³/mol. The van der Waals surface area contributed by atoms with E-state index in [0.717, 1.165) is 11.2 Å². The van der Waals surface area contributed by atoms with E-state index in [9.17, 15) is 0 Å². The topological polar surface area (TPSA) is 144 Å². The van der Waals surface area contributed by atoms with Crippen molar-refractivity contribution in [2.24, 2.45) is 22.6 Å². The van der Waals surface area contributed by atoms with Gasteiger partial charge >= 0.3 is 0 Å². The van der Waals surface area contributed by atoms with Gasteiger partial charge in [0.15, 0.2) is 0 Å². The van der Waals surface area contributed by atoms with Crippen LogP contribution in [0.25, 0.3) is 0 Å². The van der Waals surface area contributed by atoms with Crippen LogP contribution < -0.4 is 28.2 Å². The molecule has 0 saturated heterocycles. The summed E-state index contributed by atoms with van der Waals surface area (Å²) in [5.41, 5.74) is 6.93. The van der Waals surface area contributed by atoms with Crippen molar-refractivity contribution in [2.75, 3.05) is 11.2 Å². The molecule has 0 aromatic carbocycles. The first-order valence-electron chi connectivity index (χ1n) is 6.77. The highest BCUT2D eigenvalue weighted by atomic mass is 15.5. The second kappa shape index (κ2) is 5.81. The number of amidine groups is 1. The van der Waals surface area contributed by atoms with Crippen LogP contribution in [-0.4, -0.2) is 21.8 Å². The molecule has 0 bridgehead atoms. The Kier molecular flexibility index (Phi) is 4.11. The number of aromatic nitrogens is 2. The van der Waals surface area contributed by atoms with Crippen molar-refractivity contribution in [2.45, 2.75) is 38.6 Å². The number of rotatable bonds is 3. The summed E-state index contributed by atoms with van der Waals surface area (Å²) in [5, 5.41) is 18.6. The van der Waals surface area contributed by atoms with Crippen LogP contribution in [0.15, 0.2) is 11.3 Å². The Hall–Kier alpha value is -2.25. The summed E-state index contributed by atoms with van der Waals surface area (Å²) in [6, 6.07) is 0.296. The lowest BCUT2D eigenvalue weighted by atomic mass is 9.86. The lowest BCUT2D eigenvalue weighted by Gasteiger charge is -2.31. The lowest BCUT2D eigenvalue weighted by Crippen LogP contribution is -2.40. The molecule has 2 atom stereocenters. The molecule has 2 rings (SSSR count). The Labute approximate surface area is 117 Å². The van der Waals surface area contributed by atoms with Gasteiger partial charge < -0.3 is 22.7 Å². The number of nitrogens with two attached hydrogens (primary N) is 3. The summed E-state index contributed by atoms with van der Waals surface area (Å²) < 4.78 is 0. The highest BCUT2D eigenvalue weighted by Crippen LogP contribution is 2.26. The molecule has 1 fully saturated rings. The average Bonchev–Trinajstić information content (AvgIpc) is 2.41. The molecule has 1 aliphatic carbocycles. The Morgan fingerprint density at radius 3 is 2.80 bits per heavy atom. The molecule has 0 radical (unpaired) electrons. The Balaban J connectivity index is 2.43. The number of hydrogen-bond acceptors (Lipinski definition) is 6. The Morgan fingerprint density at radius 1 is 1.50 bits per heavy atom. The second-order valence-electron chi connectivity index (χ2n) is 5.26. The predicted octanol–water partition coefficient (Wildman–Crippen LogP) is -0.354. The fraction of sp³-hybridized carbons (Fsp3) is 0.583. The molecular formula is C12H22N8. The summed E-state index contributed by atoms with van der Waals surface area (Å²) in [4.78, 5) is 1.09. The largest absolute Gasteiger partial charge is 0.384 e. The van der Waals surface area contributed by atoms with Crippen molar-refractivity contribution in [1.29, 1.82) is 5.41 Å². The molecule has 1 aromatic rings. The zero-order chi connectivity index (χ0) is 14.7. The maximum absolute atomic E-state index is 7.65. The van der Waals surface area contributed by atoms with E-state index in [1.165, 1.54) is 25.5 Å². The third-order valence-corrected chi connectivity index (χ3v) is 3.87. The number of nitrogens with one attached hydrogen (secondary N) is 2. The van der Waals surface area contributed by atoms with Gasteiger partial charge in [-0.15, -0.1) is 0 Å². The van der Waals surface area contributed by atoms with Crippen LogP contribution in [0.5, 0.6) is 0 Å². The molecule has 1 heterocycles. The number of hydrogen-bond donors (Lipinski definition) is 5. The van der Waals surface area contributed by atoms with Gasteiger partial charge in [0.05, 0.1) is 17.4 Å². The van der Waals surface area contributed by atoms with Gasteiger partial charge in [0.2, 0.25) is 5.49 Å². The molecule has 2 unspecified atom stereocenters. The fourth-order valence-corrected chi connectivity index (χ4v) is 2.66. The van der Waals surface area contributed by atoms with Gasteiger partial charge in [-0.25, -0.2) is 0 Å². The lowest BCUT2D eigenvalue weighted by molar-refractivity contribution is 0.349. The van der Waals surface area contributed by atoms with Crippen LogP contribution in [0.2, 0.25) is 0 Å². The minimum atomic E-state index is -0.0889. The maximum atomic E-state index is 7.65. The van der Waals surface area contributed by atoms with E-state index >= 15 is 0 Å². The van der Waals surface area contributed by atoms with Gasteiger partial charge in [-0.3, -0.25) is 5.41 Å². The molecule has 8 heteroatoms. The number of anilines is 1. The van der Waals surface area contributed by atoms with Crippen molar-refractivity contribution in [3.8, 4) is 0 Å². The third kappa shape index (κ3) is 2.68. The summed E-state index contributed by atoms with van der Waals surface area (Å²) in [5.74, 6) is 11.6. The molecule has 8 N–H and O–H groups in total. The molecule has 1 saturated carbocycles. The van der Waals surface area contributed by atoms with Gasteiger partial charge in [-0.2, -0.15) is 15.0 Å². The van der Waals surface area contributed by atoms with Crippen molar-refractivity contribution in [3.05, 3.63) is 17.2 Å². The molecule has 110 valence electrons. The molecule has 0 amide bonds. The van der Waals surface area contributed by atoms with E-state index in [2.05, 4.69) is 22.4 Å². The fourth-order valence-electron chi connectivity index (χ4n) is 2.66. The zero-order valence-electron chi connectivity index (χ0n) is 11.6. The van der Waals surface area contributed by atoms with Crippen LogP contribution in [0.4, 0.5) is 5.69 Å². The molecule has 1 aliphatic rings. The van der Waals surface area contributed by atoms with E-state index in [0.29, 0.717) is 23.2 Å².